The van der Waals surface area contributed by atoms with E-state index in [1.807, 2.05) is 0 Å². The smallest absolute Gasteiger partial charge is 0.416 e. The summed E-state index contributed by atoms with van der Waals surface area (Å²) < 4.78 is 44.9. The second-order valence-corrected chi connectivity index (χ2v) is 8.76. The molecule has 0 radical (unpaired) electrons. The highest BCUT2D eigenvalue weighted by atomic mass is 32.1. The zero-order valence-corrected chi connectivity index (χ0v) is 17.5. The lowest BCUT2D eigenvalue weighted by atomic mass is 10.0. The van der Waals surface area contributed by atoms with Gasteiger partial charge in [0.25, 0.3) is 5.91 Å². The molecular formula is C22H20F3N3O2S. The zero-order valence-electron chi connectivity index (χ0n) is 16.7. The molecule has 0 saturated carbocycles. The van der Waals surface area contributed by atoms with Crippen molar-refractivity contribution in [3.05, 3.63) is 63.7 Å². The first-order valence-electron chi connectivity index (χ1n) is 10.0. The van der Waals surface area contributed by atoms with E-state index in [4.69, 9.17) is 4.42 Å². The molecular weight excluding hydrogens is 427 g/mol. The van der Waals surface area contributed by atoms with Gasteiger partial charge in [-0.25, -0.2) is 0 Å². The molecule has 0 bridgehead atoms. The molecule has 0 aliphatic carbocycles. The van der Waals surface area contributed by atoms with E-state index in [2.05, 4.69) is 22.5 Å². The molecule has 0 unspecified atom stereocenters. The van der Waals surface area contributed by atoms with Crippen LogP contribution in [0.3, 0.4) is 0 Å². The number of likely N-dealkylation sites (N-methyl/N-ethyl adjacent to an activating group) is 1. The van der Waals surface area contributed by atoms with Crippen molar-refractivity contribution in [2.24, 2.45) is 0 Å². The van der Waals surface area contributed by atoms with Gasteiger partial charge < -0.3 is 15.1 Å². The van der Waals surface area contributed by atoms with Crippen molar-refractivity contribution in [1.29, 1.82) is 0 Å². The Balaban J connectivity index is 1.41. The number of carbonyl (C=O) groups is 1. The molecule has 5 rings (SSSR count). The average Bonchev–Trinajstić information content (AvgIpc) is 3.37. The molecule has 2 aromatic heterocycles. The van der Waals surface area contributed by atoms with Gasteiger partial charge in [-0.1, -0.05) is 19.1 Å². The molecule has 3 aromatic rings. The number of nitrogens with one attached hydrogen (secondary N) is 2. The van der Waals surface area contributed by atoms with Gasteiger partial charge in [-0.15, -0.1) is 11.3 Å². The first-order valence-corrected chi connectivity index (χ1v) is 10.9. The second-order valence-electron chi connectivity index (χ2n) is 7.66. The first kappa shape index (κ1) is 20.1. The van der Waals surface area contributed by atoms with E-state index in [9.17, 15) is 18.0 Å². The Morgan fingerprint density at radius 1 is 1.23 bits per heavy atom. The van der Waals surface area contributed by atoms with E-state index in [1.54, 1.807) is 29.5 Å². The number of hydrogen-bond donors (Lipinski definition) is 2. The number of hydrogen-bond acceptors (Lipinski definition) is 5. The van der Waals surface area contributed by atoms with Crippen LogP contribution in [-0.4, -0.2) is 23.9 Å². The maximum absolute atomic E-state index is 13.0. The zero-order chi connectivity index (χ0) is 21.8. The minimum atomic E-state index is -4.42. The third kappa shape index (κ3) is 3.61. The monoisotopic (exact) mass is 447 g/mol. The Morgan fingerprint density at radius 3 is 2.84 bits per heavy atom. The normalized spacial score (nSPS) is 18.8. The molecule has 1 atom stereocenters. The number of amides is 1. The predicted molar refractivity (Wildman–Crippen MR) is 112 cm³/mol. The molecule has 2 N–H and O–H groups in total. The number of furan rings is 1. The molecule has 2 aliphatic rings. The van der Waals surface area contributed by atoms with Gasteiger partial charge in [0.05, 0.1) is 11.1 Å². The van der Waals surface area contributed by atoms with Crippen molar-refractivity contribution in [3.63, 3.8) is 0 Å². The molecule has 1 amide bonds. The minimum absolute atomic E-state index is 0.154. The maximum Gasteiger partial charge on any atom is 0.416 e. The number of halogens is 3. The fraction of sp³-hybridized carbons (Fsp3) is 0.318. The first-order chi connectivity index (χ1) is 14.8. The molecule has 0 fully saturated rings. The number of carbonyl (C=O) groups excluding carboxylic acids is 1. The van der Waals surface area contributed by atoms with Crippen molar-refractivity contribution in [3.8, 4) is 11.3 Å². The molecule has 4 heterocycles. The maximum atomic E-state index is 13.0. The van der Waals surface area contributed by atoms with E-state index < -0.39 is 17.9 Å². The van der Waals surface area contributed by atoms with Crippen molar-refractivity contribution >= 4 is 22.2 Å². The Morgan fingerprint density at radius 2 is 2.06 bits per heavy atom. The van der Waals surface area contributed by atoms with Gasteiger partial charge in [-0.2, -0.15) is 13.2 Å². The third-order valence-electron chi connectivity index (χ3n) is 5.75. The predicted octanol–water partition coefficient (Wildman–Crippen LogP) is 5.26. The van der Waals surface area contributed by atoms with Crippen molar-refractivity contribution in [2.75, 3.05) is 18.4 Å². The lowest BCUT2D eigenvalue weighted by molar-refractivity contribution is -0.137. The molecule has 0 spiro atoms. The summed E-state index contributed by atoms with van der Waals surface area (Å²) in [5.74, 6) is 0.596. The third-order valence-corrected chi connectivity index (χ3v) is 6.89. The molecule has 5 nitrogen and oxygen atoms in total. The summed E-state index contributed by atoms with van der Waals surface area (Å²) in [6.45, 7) is 4.86. The molecule has 31 heavy (non-hydrogen) atoms. The van der Waals surface area contributed by atoms with Gasteiger partial charge in [0.1, 0.15) is 16.5 Å². The van der Waals surface area contributed by atoms with Crippen molar-refractivity contribution in [2.45, 2.75) is 32.2 Å². The number of nitrogens with zero attached hydrogens (tertiary/aromatic N) is 1. The van der Waals surface area contributed by atoms with E-state index in [-0.39, 0.29) is 5.91 Å². The van der Waals surface area contributed by atoms with Crippen LogP contribution in [0.4, 0.5) is 18.2 Å². The number of rotatable bonds is 3. The summed E-state index contributed by atoms with van der Waals surface area (Å²) in [5, 5.41) is 7.06. The topological polar surface area (TPSA) is 57.5 Å². The standard InChI is InChI=1S/C22H20F3N3O2S/c1-2-28-9-8-14-17(11-28)31-21-18(14)20(29)26-19(27-21)16-7-6-15(30-16)12-4-3-5-13(10-12)22(23,24)25/h3-7,10,19,27H,2,8-9,11H2,1H3,(H,26,29)/t19-/m0/s1. The Bertz CT molecular complexity index is 1150. The fourth-order valence-electron chi connectivity index (χ4n) is 4.09. The Labute approximate surface area is 180 Å². The van der Waals surface area contributed by atoms with Crippen molar-refractivity contribution in [1.82, 2.24) is 10.2 Å². The van der Waals surface area contributed by atoms with Gasteiger partial charge in [-0.3, -0.25) is 9.69 Å². The van der Waals surface area contributed by atoms with Crippen LogP contribution in [0.5, 0.6) is 0 Å². The molecule has 162 valence electrons. The van der Waals surface area contributed by atoms with Crippen LogP contribution in [0.15, 0.2) is 40.8 Å². The summed E-state index contributed by atoms with van der Waals surface area (Å²) in [6.07, 6.45) is -4.16. The summed E-state index contributed by atoms with van der Waals surface area (Å²) in [6, 6.07) is 8.28. The van der Waals surface area contributed by atoms with Gasteiger partial charge in [0.2, 0.25) is 0 Å². The van der Waals surface area contributed by atoms with Crippen molar-refractivity contribution < 1.29 is 22.4 Å². The van der Waals surface area contributed by atoms with E-state index in [0.29, 0.717) is 22.6 Å². The highest BCUT2D eigenvalue weighted by Gasteiger charge is 2.34. The SMILES string of the molecule is CCN1CCc2c(sc3c2C(=O)N[C@H](c2ccc(-c4cccc(C(F)(F)F)c4)o2)N3)C1. The van der Waals surface area contributed by atoms with Gasteiger partial charge in [-0.05, 0) is 42.8 Å². The van der Waals surface area contributed by atoms with Crippen LogP contribution >= 0.6 is 11.3 Å². The average molecular weight is 447 g/mol. The molecule has 9 heteroatoms. The molecule has 2 aliphatic heterocycles. The van der Waals surface area contributed by atoms with Gasteiger partial charge >= 0.3 is 6.18 Å². The summed E-state index contributed by atoms with van der Waals surface area (Å²) in [5.41, 5.74) is 1.41. The lowest BCUT2D eigenvalue weighted by Crippen LogP contribution is -2.38. The fourth-order valence-corrected chi connectivity index (χ4v) is 5.41. The van der Waals surface area contributed by atoms with Crippen LogP contribution in [0, 0.1) is 0 Å². The van der Waals surface area contributed by atoms with Gasteiger partial charge in [0.15, 0.2) is 6.17 Å². The minimum Gasteiger partial charge on any atom is -0.457 e. The summed E-state index contributed by atoms with van der Waals surface area (Å²) >= 11 is 1.59. The van der Waals surface area contributed by atoms with Gasteiger partial charge in [0, 0.05) is 23.5 Å². The lowest BCUT2D eigenvalue weighted by Gasteiger charge is -2.27. The number of fused-ring (bicyclic) bond motifs is 3. The van der Waals surface area contributed by atoms with Crippen LogP contribution in [0.25, 0.3) is 11.3 Å². The molecule has 0 saturated heterocycles. The van der Waals surface area contributed by atoms with E-state index in [1.165, 1.54) is 10.9 Å². The summed E-state index contributed by atoms with van der Waals surface area (Å²) in [4.78, 5) is 16.4. The van der Waals surface area contributed by atoms with Crippen LogP contribution < -0.4 is 10.6 Å². The second kappa shape index (κ2) is 7.42. The highest BCUT2D eigenvalue weighted by molar-refractivity contribution is 7.16. The quantitative estimate of drug-likeness (QED) is 0.575. The highest BCUT2D eigenvalue weighted by Crippen LogP contribution is 2.41. The number of thiophene rings is 1. The number of benzene rings is 1. The van der Waals surface area contributed by atoms with Crippen LogP contribution in [-0.2, 0) is 19.1 Å². The van der Waals surface area contributed by atoms with Crippen LogP contribution in [0.1, 0.15) is 45.2 Å². The number of alkyl halides is 3. The van der Waals surface area contributed by atoms with E-state index in [0.717, 1.165) is 48.8 Å². The molecule has 1 aromatic carbocycles. The Kier molecular flexibility index (Phi) is 4.82. The van der Waals surface area contributed by atoms with Crippen LogP contribution in [0.2, 0.25) is 0 Å². The number of anilines is 1. The van der Waals surface area contributed by atoms with E-state index >= 15 is 0 Å². The largest absolute Gasteiger partial charge is 0.457 e. The summed E-state index contributed by atoms with van der Waals surface area (Å²) in [7, 11) is 0. The Hall–Kier alpha value is -2.78.